The molecule has 12 heavy (non-hydrogen) atoms. The second kappa shape index (κ2) is 3.73. The van der Waals surface area contributed by atoms with E-state index in [2.05, 4.69) is 11.8 Å². The van der Waals surface area contributed by atoms with Gasteiger partial charge in [0.15, 0.2) is 0 Å². The third-order valence-electron chi connectivity index (χ3n) is 1.94. The van der Waals surface area contributed by atoms with Crippen LogP contribution in [0.5, 0.6) is 0 Å². The quantitative estimate of drug-likeness (QED) is 0.659. The Bertz CT molecular complexity index is 142. The van der Waals surface area contributed by atoms with E-state index < -0.39 is 5.60 Å². The van der Waals surface area contributed by atoms with Crippen LogP contribution < -0.4 is 0 Å². The van der Waals surface area contributed by atoms with E-state index in [1.807, 2.05) is 13.8 Å². The van der Waals surface area contributed by atoms with Crippen LogP contribution >= 0.6 is 0 Å². The fourth-order valence-electron chi connectivity index (χ4n) is 1.58. The lowest BCUT2D eigenvalue weighted by Gasteiger charge is -2.34. The van der Waals surface area contributed by atoms with Crippen LogP contribution in [0.2, 0.25) is 0 Å². The third kappa shape index (κ3) is 3.52. The molecule has 3 nitrogen and oxygen atoms in total. The van der Waals surface area contributed by atoms with Crippen molar-refractivity contribution in [1.82, 2.24) is 4.90 Å². The number of rotatable bonds is 2. The van der Waals surface area contributed by atoms with Crippen LogP contribution in [0.1, 0.15) is 20.8 Å². The number of ether oxygens (including phenoxy) is 1. The molecule has 0 radical (unpaired) electrons. The van der Waals surface area contributed by atoms with Gasteiger partial charge in [-0.05, 0) is 20.8 Å². The average molecular weight is 173 g/mol. The zero-order valence-corrected chi connectivity index (χ0v) is 8.21. The molecule has 1 aliphatic rings. The van der Waals surface area contributed by atoms with E-state index in [0.29, 0.717) is 6.10 Å². The van der Waals surface area contributed by atoms with Gasteiger partial charge < -0.3 is 9.84 Å². The summed E-state index contributed by atoms with van der Waals surface area (Å²) in [6.07, 6.45) is 0.307. The van der Waals surface area contributed by atoms with Crippen LogP contribution in [0, 0.1) is 0 Å². The van der Waals surface area contributed by atoms with Crippen molar-refractivity contribution in [1.29, 1.82) is 0 Å². The van der Waals surface area contributed by atoms with Gasteiger partial charge in [0, 0.05) is 19.6 Å². The molecule has 1 heterocycles. The van der Waals surface area contributed by atoms with Crippen molar-refractivity contribution in [3.8, 4) is 0 Å². The number of aliphatic hydroxyl groups is 1. The smallest absolute Gasteiger partial charge is 0.0718 e. The third-order valence-corrected chi connectivity index (χ3v) is 1.94. The second-order valence-corrected chi connectivity index (χ2v) is 4.23. The minimum Gasteiger partial charge on any atom is -0.389 e. The average Bonchev–Trinajstić information content (AvgIpc) is 1.82. The topological polar surface area (TPSA) is 32.7 Å². The van der Waals surface area contributed by atoms with Gasteiger partial charge in [-0.2, -0.15) is 0 Å². The van der Waals surface area contributed by atoms with E-state index in [-0.39, 0.29) is 0 Å². The number of hydrogen-bond acceptors (Lipinski definition) is 3. The predicted octanol–water partition coefficient (Wildman–Crippen LogP) is 0.478. The largest absolute Gasteiger partial charge is 0.389 e. The second-order valence-electron chi connectivity index (χ2n) is 4.23. The molecule has 0 aliphatic carbocycles. The van der Waals surface area contributed by atoms with Gasteiger partial charge in [0.2, 0.25) is 0 Å². The van der Waals surface area contributed by atoms with E-state index in [1.165, 1.54) is 0 Å². The maximum Gasteiger partial charge on any atom is 0.0718 e. The summed E-state index contributed by atoms with van der Waals surface area (Å²) in [4.78, 5) is 2.24. The molecule has 1 unspecified atom stereocenters. The summed E-state index contributed by atoms with van der Waals surface area (Å²) < 4.78 is 5.40. The van der Waals surface area contributed by atoms with Gasteiger partial charge in [0.25, 0.3) is 0 Å². The molecular formula is C9H19NO2. The normalized spacial score (nSPS) is 27.5. The summed E-state index contributed by atoms with van der Waals surface area (Å²) >= 11 is 0. The number of morpholine rings is 1. The maximum absolute atomic E-state index is 9.57. The van der Waals surface area contributed by atoms with E-state index in [9.17, 15) is 5.11 Å². The van der Waals surface area contributed by atoms with Crippen molar-refractivity contribution in [2.45, 2.75) is 32.5 Å². The first-order valence-electron chi connectivity index (χ1n) is 4.54. The van der Waals surface area contributed by atoms with Gasteiger partial charge in [0.05, 0.1) is 18.3 Å². The fourth-order valence-corrected chi connectivity index (χ4v) is 1.58. The van der Waals surface area contributed by atoms with Crippen molar-refractivity contribution in [2.75, 3.05) is 26.2 Å². The number of hydrogen-bond donors (Lipinski definition) is 1. The minimum absolute atomic E-state index is 0.307. The van der Waals surface area contributed by atoms with E-state index in [0.717, 1.165) is 26.2 Å². The first-order valence-corrected chi connectivity index (χ1v) is 4.54. The molecule has 0 saturated carbocycles. The lowest BCUT2D eigenvalue weighted by molar-refractivity contribution is -0.0476. The highest BCUT2D eigenvalue weighted by molar-refractivity contribution is 4.75. The van der Waals surface area contributed by atoms with Crippen molar-refractivity contribution in [2.24, 2.45) is 0 Å². The summed E-state index contributed by atoms with van der Waals surface area (Å²) in [6.45, 7) is 9.15. The Morgan fingerprint density at radius 3 is 2.75 bits per heavy atom. The van der Waals surface area contributed by atoms with Crippen LogP contribution in [0.4, 0.5) is 0 Å². The lowest BCUT2D eigenvalue weighted by atomic mass is 10.1. The maximum atomic E-state index is 9.57. The Morgan fingerprint density at radius 1 is 1.58 bits per heavy atom. The molecule has 0 aromatic carbocycles. The molecule has 0 bridgehead atoms. The Morgan fingerprint density at radius 2 is 2.25 bits per heavy atom. The SMILES string of the molecule is CC1CN(CC(C)(C)O)CCO1. The summed E-state index contributed by atoms with van der Waals surface area (Å²) in [5.41, 5.74) is -0.586. The molecule has 0 amide bonds. The summed E-state index contributed by atoms with van der Waals surface area (Å²) in [6, 6.07) is 0. The highest BCUT2D eigenvalue weighted by atomic mass is 16.5. The van der Waals surface area contributed by atoms with Gasteiger partial charge in [-0.25, -0.2) is 0 Å². The van der Waals surface area contributed by atoms with Crippen LogP contribution in [0.15, 0.2) is 0 Å². The lowest BCUT2D eigenvalue weighted by Crippen LogP contribution is -2.47. The molecule has 3 heteroatoms. The Balaban J connectivity index is 2.32. The molecule has 1 atom stereocenters. The first kappa shape index (κ1) is 9.96. The van der Waals surface area contributed by atoms with Gasteiger partial charge in [-0.1, -0.05) is 0 Å². The fraction of sp³-hybridized carbons (Fsp3) is 1.00. The first-order chi connectivity index (χ1) is 5.47. The minimum atomic E-state index is -0.586. The molecule has 72 valence electrons. The molecule has 0 spiro atoms. The Hall–Kier alpha value is -0.120. The van der Waals surface area contributed by atoms with Gasteiger partial charge in [-0.3, -0.25) is 4.90 Å². The van der Waals surface area contributed by atoms with Gasteiger partial charge in [0.1, 0.15) is 0 Å². The molecule has 1 rings (SSSR count). The van der Waals surface area contributed by atoms with E-state index in [4.69, 9.17) is 4.74 Å². The van der Waals surface area contributed by atoms with Crippen LogP contribution in [0.3, 0.4) is 0 Å². The summed E-state index contributed by atoms with van der Waals surface area (Å²) in [5.74, 6) is 0. The highest BCUT2D eigenvalue weighted by Crippen LogP contribution is 2.09. The standard InChI is InChI=1S/C9H19NO2/c1-8-6-10(4-5-12-8)7-9(2,3)11/h8,11H,4-7H2,1-3H3. The monoisotopic (exact) mass is 173 g/mol. The molecule has 1 fully saturated rings. The van der Waals surface area contributed by atoms with Crippen LogP contribution in [-0.2, 0) is 4.74 Å². The van der Waals surface area contributed by atoms with E-state index in [1.54, 1.807) is 0 Å². The van der Waals surface area contributed by atoms with Gasteiger partial charge in [-0.15, -0.1) is 0 Å². The number of β-amino-alcohol motifs (C(OH)–C–C–N with tert-alkyl or cyclic N) is 1. The zero-order chi connectivity index (χ0) is 9.19. The summed E-state index contributed by atoms with van der Waals surface area (Å²) in [5, 5.41) is 9.57. The summed E-state index contributed by atoms with van der Waals surface area (Å²) in [7, 11) is 0. The van der Waals surface area contributed by atoms with Crippen molar-refractivity contribution >= 4 is 0 Å². The van der Waals surface area contributed by atoms with Crippen molar-refractivity contribution in [3.63, 3.8) is 0 Å². The van der Waals surface area contributed by atoms with Crippen molar-refractivity contribution in [3.05, 3.63) is 0 Å². The Kier molecular flexibility index (Phi) is 3.09. The highest BCUT2D eigenvalue weighted by Gasteiger charge is 2.22. The Labute approximate surface area is 74.3 Å². The number of nitrogens with zero attached hydrogens (tertiary/aromatic N) is 1. The molecule has 0 aromatic heterocycles. The van der Waals surface area contributed by atoms with Crippen LogP contribution in [-0.4, -0.2) is 48.0 Å². The molecule has 1 saturated heterocycles. The molecule has 1 N–H and O–H groups in total. The molecule has 1 aliphatic heterocycles. The predicted molar refractivity (Wildman–Crippen MR) is 48.2 cm³/mol. The van der Waals surface area contributed by atoms with E-state index >= 15 is 0 Å². The van der Waals surface area contributed by atoms with Crippen LogP contribution in [0.25, 0.3) is 0 Å². The zero-order valence-electron chi connectivity index (χ0n) is 8.21. The van der Waals surface area contributed by atoms with Gasteiger partial charge >= 0.3 is 0 Å². The molecular weight excluding hydrogens is 154 g/mol. The molecule has 0 aromatic rings. The van der Waals surface area contributed by atoms with Crippen molar-refractivity contribution < 1.29 is 9.84 Å².